The number of methoxy groups -OCH3 is 1. The van der Waals surface area contributed by atoms with Gasteiger partial charge >= 0.3 is 6.03 Å². The molecule has 3 aromatic rings. The molecule has 0 fully saturated rings. The van der Waals surface area contributed by atoms with E-state index in [-0.39, 0.29) is 11.4 Å². The van der Waals surface area contributed by atoms with Gasteiger partial charge in [0.05, 0.1) is 7.11 Å². The Morgan fingerprint density at radius 2 is 1.78 bits per heavy atom. The quantitative estimate of drug-likeness (QED) is 0.654. The molecule has 3 rings (SSSR count). The van der Waals surface area contributed by atoms with E-state index < -0.39 is 0 Å². The Morgan fingerprint density at radius 3 is 2.44 bits per heavy atom. The smallest absolute Gasteiger partial charge is 0.325 e. The van der Waals surface area contributed by atoms with Crippen molar-refractivity contribution < 1.29 is 9.53 Å². The van der Waals surface area contributed by atoms with E-state index in [1.807, 2.05) is 48.5 Å². The Bertz CT molecular complexity index is 930. The number of aromatic nitrogens is 2. The van der Waals surface area contributed by atoms with Crippen LogP contribution < -0.4 is 15.4 Å². The van der Waals surface area contributed by atoms with Crippen LogP contribution in [0, 0.1) is 0 Å². The van der Waals surface area contributed by atoms with Gasteiger partial charge in [0.1, 0.15) is 10.8 Å². The van der Waals surface area contributed by atoms with Gasteiger partial charge in [-0.3, -0.25) is 5.32 Å². The van der Waals surface area contributed by atoms with Gasteiger partial charge in [-0.05, 0) is 35.2 Å². The minimum atomic E-state index is -0.355. The van der Waals surface area contributed by atoms with Crippen LogP contribution in [0.2, 0.25) is 0 Å². The fourth-order valence-corrected chi connectivity index (χ4v) is 3.19. The molecule has 2 amide bonds. The van der Waals surface area contributed by atoms with Gasteiger partial charge in [-0.2, -0.15) is 0 Å². The van der Waals surface area contributed by atoms with Crippen LogP contribution in [0.25, 0.3) is 10.6 Å². The van der Waals surface area contributed by atoms with Gasteiger partial charge in [0, 0.05) is 11.3 Å². The molecule has 1 aromatic heterocycles. The van der Waals surface area contributed by atoms with Crippen LogP contribution >= 0.6 is 11.3 Å². The summed E-state index contributed by atoms with van der Waals surface area (Å²) in [6.07, 6.45) is 0. The average molecular weight is 382 g/mol. The van der Waals surface area contributed by atoms with Gasteiger partial charge in [-0.25, -0.2) is 4.79 Å². The second-order valence-electron chi connectivity index (χ2n) is 7.05. The highest BCUT2D eigenvalue weighted by molar-refractivity contribution is 7.18. The molecule has 140 valence electrons. The zero-order chi connectivity index (χ0) is 19.4. The first-order valence-electron chi connectivity index (χ1n) is 8.51. The van der Waals surface area contributed by atoms with Gasteiger partial charge in [0.25, 0.3) is 0 Å². The lowest BCUT2D eigenvalue weighted by Crippen LogP contribution is -2.19. The first kappa shape index (κ1) is 18.8. The number of hydrogen-bond acceptors (Lipinski definition) is 5. The highest BCUT2D eigenvalue weighted by Crippen LogP contribution is 2.29. The summed E-state index contributed by atoms with van der Waals surface area (Å²) in [5.74, 6) is 0.744. The Morgan fingerprint density at radius 1 is 1.04 bits per heavy atom. The van der Waals surface area contributed by atoms with Crippen molar-refractivity contribution in [1.82, 2.24) is 10.2 Å². The Labute approximate surface area is 162 Å². The van der Waals surface area contributed by atoms with Gasteiger partial charge in [0.15, 0.2) is 0 Å². The van der Waals surface area contributed by atoms with E-state index in [0.717, 1.165) is 17.0 Å². The van der Waals surface area contributed by atoms with E-state index >= 15 is 0 Å². The first-order valence-corrected chi connectivity index (χ1v) is 9.33. The maximum Gasteiger partial charge on any atom is 0.325 e. The number of urea groups is 1. The van der Waals surface area contributed by atoms with Crippen molar-refractivity contribution in [3.05, 3.63) is 54.1 Å². The highest BCUT2D eigenvalue weighted by atomic mass is 32.1. The molecule has 6 nitrogen and oxygen atoms in total. The van der Waals surface area contributed by atoms with Crippen LogP contribution in [0.5, 0.6) is 5.75 Å². The summed E-state index contributed by atoms with van der Waals surface area (Å²) in [6, 6.07) is 15.0. The predicted octanol–water partition coefficient (Wildman–Crippen LogP) is 5.16. The second kappa shape index (κ2) is 7.75. The van der Waals surface area contributed by atoms with Gasteiger partial charge in [0.2, 0.25) is 5.13 Å². The lowest BCUT2D eigenvalue weighted by molar-refractivity contribution is 0.262. The molecule has 0 aliphatic rings. The third kappa shape index (κ3) is 4.83. The Kier molecular flexibility index (Phi) is 5.41. The number of ether oxygens (including phenoxy) is 1. The summed E-state index contributed by atoms with van der Waals surface area (Å²) < 4.78 is 5.22. The summed E-state index contributed by atoms with van der Waals surface area (Å²) in [5.41, 5.74) is 2.89. The van der Waals surface area contributed by atoms with Crippen LogP contribution in [0.3, 0.4) is 0 Å². The Balaban J connectivity index is 1.64. The van der Waals surface area contributed by atoms with E-state index in [2.05, 4.69) is 41.6 Å². The highest BCUT2D eigenvalue weighted by Gasteiger charge is 2.14. The third-order valence-corrected chi connectivity index (χ3v) is 4.86. The fraction of sp³-hybridized carbons (Fsp3) is 0.250. The van der Waals surface area contributed by atoms with Crippen molar-refractivity contribution in [1.29, 1.82) is 0 Å². The largest absolute Gasteiger partial charge is 0.497 e. The van der Waals surface area contributed by atoms with Crippen LogP contribution in [0.15, 0.2) is 48.5 Å². The number of carbonyl (C=O) groups excluding carboxylic acids is 1. The summed E-state index contributed by atoms with van der Waals surface area (Å²) in [6.45, 7) is 6.45. The van der Waals surface area contributed by atoms with E-state index in [1.165, 1.54) is 16.9 Å². The normalized spacial score (nSPS) is 11.1. The fourth-order valence-electron chi connectivity index (χ4n) is 2.46. The van der Waals surface area contributed by atoms with Crippen molar-refractivity contribution >= 4 is 28.2 Å². The molecule has 0 atom stereocenters. The molecule has 0 radical (unpaired) electrons. The van der Waals surface area contributed by atoms with E-state index in [0.29, 0.717) is 10.1 Å². The lowest BCUT2D eigenvalue weighted by Gasteiger charge is -2.19. The molecule has 0 unspecified atom stereocenters. The minimum Gasteiger partial charge on any atom is -0.497 e. The number of carbonyl (C=O) groups is 1. The molecular formula is C20H22N4O2S. The second-order valence-corrected chi connectivity index (χ2v) is 8.03. The van der Waals surface area contributed by atoms with E-state index in [4.69, 9.17) is 4.74 Å². The monoisotopic (exact) mass is 382 g/mol. The van der Waals surface area contributed by atoms with Gasteiger partial charge in [-0.1, -0.05) is 56.4 Å². The molecule has 2 N–H and O–H groups in total. The van der Waals surface area contributed by atoms with Crippen LogP contribution in [0.1, 0.15) is 26.3 Å². The van der Waals surface area contributed by atoms with E-state index in [9.17, 15) is 4.79 Å². The van der Waals surface area contributed by atoms with Crippen molar-refractivity contribution in [3.63, 3.8) is 0 Å². The molecule has 0 saturated heterocycles. The molecule has 27 heavy (non-hydrogen) atoms. The number of amides is 2. The molecule has 0 saturated carbocycles. The molecule has 0 aliphatic carbocycles. The van der Waals surface area contributed by atoms with Crippen LogP contribution in [0.4, 0.5) is 15.6 Å². The number of rotatable bonds is 4. The SMILES string of the molecule is COc1cccc(-c2nnc(NC(=O)Nc3ccc(C(C)(C)C)cc3)s2)c1. The molecule has 0 bridgehead atoms. The van der Waals surface area contributed by atoms with Crippen LogP contribution in [-0.4, -0.2) is 23.3 Å². The third-order valence-electron chi connectivity index (χ3n) is 3.97. The van der Waals surface area contributed by atoms with Gasteiger partial charge in [-0.15, -0.1) is 10.2 Å². The zero-order valence-corrected chi connectivity index (χ0v) is 16.6. The van der Waals surface area contributed by atoms with Crippen molar-refractivity contribution in [2.45, 2.75) is 26.2 Å². The molecule has 7 heteroatoms. The molecule has 1 heterocycles. The number of nitrogens with zero attached hydrogens (tertiary/aromatic N) is 2. The summed E-state index contributed by atoms with van der Waals surface area (Å²) in [7, 11) is 1.62. The van der Waals surface area contributed by atoms with Crippen LogP contribution in [-0.2, 0) is 5.41 Å². The van der Waals surface area contributed by atoms with Crippen molar-refractivity contribution in [2.24, 2.45) is 0 Å². The summed E-state index contributed by atoms with van der Waals surface area (Å²) in [4.78, 5) is 12.2. The molecule has 2 aromatic carbocycles. The Hall–Kier alpha value is -2.93. The summed E-state index contributed by atoms with van der Waals surface area (Å²) in [5, 5.41) is 14.8. The minimum absolute atomic E-state index is 0.0733. The topological polar surface area (TPSA) is 76.1 Å². The van der Waals surface area contributed by atoms with Crippen molar-refractivity contribution in [3.8, 4) is 16.3 Å². The predicted molar refractivity (Wildman–Crippen MR) is 110 cm³/mol. The summed E-state index contributed by atoms with van der Waals surface area (Å²) >= 11 is 1.30. The lowest BCUT2D eigenvalue weighted by atomic mass is 9.87. The van der Waals surface area contributed by atoms with E-state index in [1.54, 1.807) is 7.11 Å². The average Bonchev–Trinajstić information content (AvgIpc) is 3.10. The zero-order valence-electron chi connectivity index (χ0n) is 15.7. The molecule has 0 aliphatic heterocycles. The number of nitrogens with one attached hydrogen (secondary N) is 2. The number of hydrogen-bond donors (Lipinski definition) is 2. The van der Waals surface area contributed by atoms with Crippen molar-refractivity contribution in [2.75, 3.05) is 17.7 Å². The maximum absolute atomic E-state index is 12.2. The standard InChI is InChI=1S/C20H22N4O2S/c1-20(2,3)14-8-10-15(11-9-14)21-18(25)22-19-24-23-17(27-19)13-6-5-7-16(12-13)26-4/h5-12H,1-4H3,(H2,21,22,24,25). The van der Waals surface area contributed by atoms with Gasteiger partial charge < -0.3 is 10.1 Å². The maximum atomic E-state index is 12.2. The number of benzene rings is 2. The molecular weight excluding hydrogens is 360 g/mol. The number of anilines is 2. The first-order chi connectivity index (χ1) is 12.8. The molecule has 0 spiro atoms.